The third-order valence-electron chi connectivity index (χ3n) is 4.42. The van der Waals surface area contributed by atoms with Crippen molar-refractivity contribution in [2.75, 3.05) is 12.4 Å². The smallest absolute Gasteiger partial charge is 0.332 e. The number of nitrogens with one attached hydrogen (secondary N) is 1. The van der Waals surface area contributed by atoms with Crippen LogP contribution in [0.2, 0.25) is 0 Å². The van der Waals surface area contributed by atoms with Crippen molar-refractivity contribution in [1.82, 2.24) is 0 Å². The van der Waals surface area contributed by atoms with E-state index in [1.807, 2.05) is 12.1 Å². The summed E-state index contributed by atoms with van der Waals surface area (Å²) in [5.74, 6) is -0.156. The van der Waals surface area contributed by atoms with Gasteiger partial charge in [-0.05, 0) is 49.3 Å². The molecule has 19 heavy (non-hydrogen) atoms. The molecule has 0 aromatic heterocycles. The Morgan fingerprint density at radius 1 is 1.32 bits per heavy atom. The van der Waals surface area contributed by atoms with Crippen molar-refractivity contribution in [3.8, 4) is 0 Å². The van der Waals surface area contributed by atoms with Gasteiger partial charge in [-0.1, -0.05) is 26.0 Å². The molecule has 1 aromatic carbocycles. The number of benzene rings is 1. The van der Waals surface area contributed by atoms with Gasteiger partial charge in [0.25, 0.3) is 0 Å². The number of esters is 1. The molecule has 104 valence electrons. The van der Waals surface area contributed by atoms with E-state index >= 15 is 0 Å². The molecule has 1 saturated carbocycles. The number of hydrogen-bond acceptors (Lipinski definition) is 3. The number of methoxy groups -OCH3 is 1. The Hall–Kier alpha value is -1.51. The Bertz CT molecular complexity index is 481. The summed E-state index contributed by atoms with van der Waals surface area (Å²) < 4.78 is 5.07. The molecule has 3 heteroatoms. The molecule has 1 aliphatic rings. The zero-order valence-electron chi connectivity index (χ0n) is 12.2. The lowest BCUT2D eigenvalue weighted by molar-refractivity contribution is -0.149. The lowest BCUT2D eigenvalue weighted by atomic mass is 9.74. The van der Waals surface area contributed by atoms with E-state index in [1.165, 1.54) is 12.7 Å². The van der Waals surface area contributed by atoms with Crippen LogP contribution in [0.25, 0.3) is 0 Å². The first-order valence-electron chi connectivity index (χ1n) is 6.84. The van der Waals surface area contributed by atoms with Crippen molar-refractivity contribution in [3.63, 3.8) is 0 Å². The fraction of sp³-hybridized carbons (Fsp3) is 0.562. The molecule has 1 fully saturated rings. The average molecular weight is 261 g/mol. The largest absolute Gasteiger partial charge is 0.467 e. The first-order chi connectivity index (χ1) is 8.91. The van der Waals surface area contributed by atoms with Gasteiger partial charge in [0.1, 0.15) is 5.54 Å². The highest BCUT2D eigenvalue weighted by Gasteiger charge is 2.55. The number of ether oxygens (including phenoxy) is 1. The second-order valence-corrected chi connectivity index (χ2v) is 6.13. The van der Waals surface area contributed by atoms with Crippen LogP contribution in [0.15, 0.2) is 24.3 Å². The third-order valence-corrected chi connectivity index (χ3v) is 4.42. The Kier molecular flexibility index (Phi) is 3.57. The van der Waals surface area contributed by atoms with Crippen molar-refractivity contribution in [1.29, 1.82) is 0 Å². The van der Waals surface area contributed by atoms with Gasteiger partial charge in [0.15, 0.2) is 0 Å². The van der Waals surface area contributed by atoms with E-state index in [-0.39, 0.29) is 11.4 Å². The summed E-state index contributed by atoms with van der Waals surface area (Å²) in [6.45, 7) is 6.33. The van der Waals surface area contributed by atoms with Gasteiger partial charge in [-0.2, -0.15) is 0 Å². The lowest BCUT2D eigenvalue weighted by Crippen LogP contribution is -2.54. The summed E-state index contributed by atoms with van der Waals surface area (Å²) in [6.07, 6.45) is 2.89. The lowest BCUT2D eigenvalue weighted by Gasteiger charge is -2.40. The molecule has 0 radical (unpaired) electrons. The van der Waals surface area contributed by atoms with Crippen LogP contribution in [0.4, 0.5) is 5.69 Å². The molecular weight excluding hydrogens is 238 g/mol. The fourth-order valence-electron chi connectivity index (χ4n) is 3.15. The maximum atomic E-state index is 12.4. The SMILES string of the molecule is COC(=O)C1(Nc2cccc(C)c2)CCCC1(C)C. The summed E-state index contributed by atoms with van der Waals surface area (Å²) >= 11 is 0. The molecule has 3 nitrogen and oxygen atoms in total. The molecular formula is C16H23NO2. The van der Waals surface area contributed by atoms with Crippen LogP contribution in [0.5, 0.6) is 0 Å². The average Bonchev–Trinajstić information content (AvgIpc) is 2.65. The van der Waals surface area contributed by atoms with Crippen LogP contribution in [0, 0.1) is 12.3 Å². The molecule has 1 unspecified atom stereocenters. The van der Waals surface area contributed by atoms with Crippen LogP contribution >= 0.6 is 0 Å². The fourth-order valence-corrected chi connectivity index (χ4v) is 3.15. The van der Waals surface area contributed by atoms with Crippen molar-refractivity contribution in [2.45, 2.75) is 45.6 Å². The predicted molar refractivity (Wildman–Crippen MR) is 77.2 cm³/mol. The van der Waals surface area contributed by atoms with Crippen LogP contribution in [-0.4, -0.2) is 18.6 Å². The van der Waals surface area contributed by atoms with Gasteiger partial charge >= 0.3 is 5.97 Å². The van der Waals surface area contributed by atoms with Gasteiger partial charge in [0, 0.05) is 5.69 Å². The van der Waals surface area contributed by atoms with Gasteiger partial charge in [0.05, 0.1) is 7.11 Å². The van der Waals surface area contributed by atoms with E-state index in [1.54, 1.807) is 0 Å². The normalized spacial score (nSPS) is 25.1. The number of aryl methyl sites for hydroxylation is 1. The summed E-state index contributed by atoms with van der Waals surface area (Å²) in [6, 6.07) is 8.13. The molecule has 0 spiro atoms. The van der Waals surface area contributed by atoms with E-state index in [9.17, 15) is 4.79 Å². The number of carbonyl (C=O) groups is 1. The van der Waals surface area contributed by atoms with E-state index in [4.69, 9.17) is 4.74 Å². The molecule has 1 aromatic rings. The van der Waals surface area contributed by atoms with Gasteiger partial charge in [-0.15, -0.1) is 0 Å². The van der Waals surface area contributed by atoms with Crippen molar-refractivity contribution < 1.29 is 9.53 Å². The Balaban J connectivity index is 2.37. The van der Waals surface area contributed by atoms with E-state index in [0.717, 1.165) is 24.9 Å². The Morgan fingerprint density at radius 2 is 2.05 bits per heavy atom. The van der Waals surface area contributed by atoms with Crippen molar-refractivity contribution in [2.24, 2.45) is 5.41 Å². The van der Waals surface area contributed by atoms with E-state index < -0.39 is 5.54 Å². The molecule has 0 aliphatic heterocycles. The molecule has 0 saturated heterocycles. The Labute approximate surface area is 115 Å². The van der Waals surface area contributed by atoms with Crippen LogP contribution < -0.4 is 5.32 Å². The number of anilines is 1. The molecule has 0 amide bonds. The second kappa shape index (κ2) is 4.87. The maximum Gasteiger partial charge on any atom is 0.332 e. The van der Waals surface area contributed by atoms with Crippen LogP contribution in [-0.2, 0) is 9.53 Å². The van der Waals surface area contributed by atoms with Crippen molar-refractivity contribution in [3.05, 3.63) is 29.8 Å². The summed E-state index contributed by atoms with van der Waals surface area (Å²) in [7, 11) is 1.47. The predicted octanol–water partition coefficient (Wildman–Crippen LogP) is 3.53. The second-order valence-electron chi connectivity index (χ2n) is 6.13. The molecule has 2 rings (SSSR count). The van der Waals surface area contributed by atoms with E-state index in [0.29, 0.717) is 0 Å². The number of carbonyl (C=O) groups excluding carboxylic acids is 1. The summed E-state index contributed by atoms with van der Waals surface area (Å²) in [4.78, 5) is 12.4. The highest BCUT2D eigenvalue weighted by Crippen LogP contribution is 2.48. The van der Waals surface area contributed by atoms with Crippen LogP contribution in [0.1, 0.15) is 38.7 Å². The molecule has 1 aliphatic carbocycles. The zero-order valence-corrected chi connectivity index (χ0v) is 12.2. The zero-order chi connectivity index (χ0) is 14.1. The minimum Gasteiger partial charge on any atom is -0.467 e. The monoisotopic (exact) mass is 261 g/mol. The highest BCUT2D eigenvalue weighted by atomic mass is 16.5. The van der Waals surface area contributed by atoms with Gasteiger partial charge in [-0.25, -0.2) is 4.79 Å². The maximum absolute atomic E-state index is 12.4. The first-order valence-corrected chi connectivity index (χ1v) is 6.84. The standard InChI is InChI=1S/C16H23NO2/c1-12-7-5-8-13(11-12)17-16(14(18)19-4)10-6-9-15(16,2)3/h5,7-8,11,17H,6,9-10H2,1-4H3. The summed E-state index contributed by atoms with van der Waals surface area (Å²) in [5, 5.41) is 3.46. The Morgan fingerprint density at radius 3 is 2.58 bits per heavy atom. The quantitative estimate of drug-likeness (QED) is 0.846. The van der Waals surface area contributed by atoms with Gasteiger partial charge in [0.2, 0.25) is 0 Å². The first kappa shape index (κ1) is 13.9. The minimum absolute atomic E-state index is 0.107. The minimum atomic E-state index is -0.616. The topological polar surface area (TPSA) is 38.3 Å². The van der Waals surface area contributed by atoms with E-state index in [2.05, 4.69) is 38.2 Å². The third kappa shape index (κ3) is 2.34. The molecule has 1 N–H and O–H groups in total. The van der Waals surface area contributed by atoms with Crippen molar-refractivity contribution >= 4 is 11.7 Å². The number of rotatable bonds is 3. The summed E-state index contributed by atoms with van der Waals surface area (Å²) in [5.41, 5.74) is 1.44. The highest BCUT2D eigenvalue weighted by molar-refractivity contribution is 5.86. The molecule has 0 bridgehead atoms. The van der Waals surface area contributed by atoms with Crippen LogP contribution in [0.3, 0.4) is 0 Å². The van der Waals surface area contributed by atoms with Gasteiger partial charge in [-0.3, -0.25) is 0 Å². The number of hydrogen-bond donors (Lipinski definition) is 1. The molecule has 0 heterocycles. The van der Waals surface area contributed by atoms with Gasteiger partial charge < -0.3 is 10.1 Å². The molecule has 1 atom stereocenters.